The molecule has 3 N–H and O–H groups in total. The van der Waals surface area contributed by atoms with Crippen LogP contribution in [0.4, 0.5) is 10.8 Å². The molecule has 90 valence electrons. The number of anilines is 2. The van der Waals surface area contributed by atoms with E-state index in [1.54, 1.807) is 11.8 Å². The zero-order valence-electron chi connectivity index (χ0n) is 9.36. The quantitative estimate of drug-likeness (QED) is 0.812. The fourth-order valence-electron chi connectivity index (χ4n) is 1.79. The van der Waals surface area contributed by atoms with E-state index in [1.165, 1.54) is 11.5 Å². The largest absolute Gasteiger partial charge is 0.382 e. The summed E-state index contributed by atoms with van der Waals surface area (Å²) in [5.41, 5.74) is 5.78. The molecule has 0 aromatic carbocycles. The van der Waals surface area contributed by atoms with Crippen molar-refractivity contribution in [3.8, 4) is 0 Å². The Bertz CT molecular complexity index is 337. The molecule has 16 heavy (non-hydrogen) atoms. The van der Waals surface area contributed by atoms with Crippen LogP contribution in [0.1, 0.15) is 12.8 Å². The van der Waals surface area contributed by atoms with Crippen LogP contribution in [0, 0.1) is 5.92 Å². The Morgan fingerprint density at radius 3 is 3.00 bits per heavy atom. The first kappa shape index (κ1) is 12.0. The number of nitrogens with one attached hydrogen (secondary N) is 1. The number of rotatable bonds is 4. The SMILES string of the molecule is CSc1c(N)nsc1NCC1CCOCC1. The molecule has 0 saturated carbocycles. The van der Waals surface area contributed by atoms with E-state index >= 15 is 0 Å². The highest BCUT2D eigenvalue weighted by atomic mass is 32.2. The second-order valence-electron chi connectivity index (χ2n) is 3.87. The summed E-state index contributed by atoms with van der Waals surface area (Å²) in [6.45, 7) is 2.79. The second kappa shape index (κ2) is 5.75. The highest BCUT2D eigenvalue weighted by molar-refractivity contribution is 7.99. The topological polar surface area (TPSA) is 60.2 Å². The normalized spacial score (nSPS) is 17.6. The Morgan fingerprint density at radius 1 is 1.56 bits per heavy atom. The number of hydrogen-bond donors (Lipinski definition) is 2. The lowest BCUT2D eigenvalue weighted by Gasteiger charge is -2.22. The van der Waals surface area contributed by atoms with Crippen molar-refractivity contribution in [1.29, 1.82) is 0 Å². The van der Waals surface area contributed by atoms with Gasteiger partial charge in [-0.1, -0.05) is 0 Å². The molecule has 4 nitrogen and oxygen atoms in total. The van der Waals surface area contributed by atoms with Crippen molar-refractivity contribution in [3.05, 3.63) is 0 Å². The van der Waals surface area contributed by atoms with Gasteiger partial charge in [0, 0.05) is 19.8 Å². The maximum atomic E-state index is 5.78. The standard InChI is InChI=1S/C10H17N3OS2/c1-15-8-9(11)13-16-10(8)12-6-7-2-4-14-5-3-7/h7,12H,2-6H2,1H3,(H2,11,13). The third-order valence-corrected chi connectivity index (χ3v) is 4.54. The number of hydrogen-bond acceptors (Lipinski definition) is 6. The minimum Gasteiger partial charge on any atom is -0.382 e. The number of nitrogen functional groups attached to an aromatic ring is 1. The number of ether oxygens (including phenoxy) is 1. The molecule has 0 spiro atoms. The van der Waals surface area contributed by atoms with Gasteiger partial charge in [-0.2, -0.15) is 4.37 Å². The van der Waals surface area contributed by atoms with Crippen LogP contribution in [0.15, 0.2) is 4.90 Å². The van der Waals surface area contributed by atoms with E-state index in [9.17, 15) is 0 Å². The maximum absolute atomic E-state index is 5.78. The first-order chi connectivity index (χ1) is 7.81. The van der Waals surface area contributed by atoms with Crippen molar-refractivity contribution in [2.45, 2.75) is 17.7 Å². The number of aromatic nitrogens is 1. The fourth-order valence-corrected chi connectivity index (χ4v) is 3.34. The van der Waals surface area contributed by atoms with Gasteiger partial charge in [-0.3, -0.25) is 0 Å². The fraction of sp³-hybridized carbons (Fsp3) is 0.700. The van der Waals surface area contributed by atoms with Gasteiger partial charge >= 0.3 is 0 Å². The Balaban J connectivity index is 1.88. The molecule has 0 radical (unpaired) electrons. The van der Waals surface area contributed by atoms with Gasteiger partial charge in [0.25, 0.3) is 0 Å². The van der Waals surface area contributed by atoms with Gasteiger partial charge in [-0.05, 0) is 36.5 Å². The molecule has 0 bridgehead atoms. The lowest BCUT2D eigenvalue weighted by Crippen LogP contribution is -2.22. The monoisotopic (exact) mass is 259 g/mol. The van der Waals surface area contributed by atoms with Crippen LogP contribution in [0.5, 0.6) is 0 Å². The summed E-state index contributed by atoms with van der Waals surface area (Å²) in [4.78, 5) is 1.08. The van der Waals surface area contributed by atoms with E-state index in [0.29, 0.717) is 11.7 Å². The van der Waals surface area contributed by atoms with Crippen molar-refractivity contribution in [1.82, 2.24) is 4.37 Å². The van der Waals surface area contributed by atoms with Crippen LogP contribution in [0.2, 0.25) is 0 Å². The average molecular weight is 259 g/mol. The molecule has 1 aromatic rings. The third-order valence-electron chi connectivity index (χ3n) is 2.77. The summed E-state index contributed by atoms with van der Waals surface area (Å²) in [6.07, 6.45) is 4.32. The summed E-state index contributed by atoms with van der Waals surface area (Å²) < 4.78 is 9.50. The second-order valence-corrected chi connectivity index (χ2v) is 5.46. The Morgan fingerprint density at radius 2 is 2.31 bits per heavy atom. The molecule has 2 heterocycles. The van der Waals surface area contributed by atoms with Crippen molar-refractivity contribution >= 4 is 34.1 Å². The van der Waals surface area contributed by atoms with Crippen LogP contribution < -0.4 is 11.1 Å². The predicted molar refractivity (Wildman–Crippen MR) is 70.3 cm³/mol. The number of thioether (sulfide) groups is 1. The summed E-state index contributed by atoms with van der Waals surface area (Å²) in [6, 6.07) is 0. The first-order valence-electron chi connectivity index (χ1n) is 5.42. The Hall–Kier alpha value is -0.460. The highest BCUT2D eigenvalue weighted by Crippen LogP contribution is 2.34. The molecule has 0 amide bonds. The van der Waals surface area contributed by atoms with Gasteiger partial charge < -0.3 is 15.8 Å². The highest BCUT2D eigenvalue weighted by Gasteiger charge is 2.15. The van der Waals surface area contributed by atoms with Crippen molar-refractivity contribution in [2.75, 3.05) is 37.1 Å². The van der Waals surface area contributed by atoms with Crippen molar-refractivity contribution in [2.24, 2.45) is 5.92 Å². The Kier molecular flexibility index (Phi) is 4.31. The summed E-state index contributed by atoms with van der Waals surface area (Å²) in [7, 11) is 0. The summed E-state index contributed by atoms with van der Waals surface area (Å²) in [5, 5.41) is 4.56. The van der Waals surface area contributed by atoms with E-state index in [-0.39, 0.29) is 0 Å². The van der Waals surface area contributed by atoms with E-state index in [0.717, 1.165) is 42.5 Å². The van der Waals surface area contributed by atoms with E-state index in [2.05, 4.69) is 9.69 Å². The van der Waals surface area contributed by atoms with Crippen molar-refractivity contribution in [3.63, 3.8) is 0 Å². The molecule has 0 unspecified atom stereocenters. The van der Waals surface area contributed by atoms with E-state index in [1.807, 2.05) is 6.26 Å². The van der Waals surface area contributed by atoms with Gasteiger partial charge in [0.15, 0.2) is 5.82 Å². The van der Waals surface area contributed by atoms with Gasteiger partial charge in [-0.15, -0.1) is 11.8 Å². The molecule has 1 aromatic heterocycles. The van der Waals surface area contributed by atoms with Crippen molar-refractivity contribution < 1.29 is 4.74 Å². The van der Waals surface area contributed by atoms with Crippen LogP contribution in [0.3, 0.4) is 0 Å². The molecule has 1 fully saturated rings. The van der Waals surface area contributed by atoms with E-state index < -0.39 is 0 Å². The van der Waals surface area contributed by atoms with Gasteiger partial charge in [0.2, 0.25) is 0 Å². The predicted octanol–water partition coefficient (Wildman–Crippen LogP) is 2.29. The summed E-state index contributed by atoms with van der Waals surface area (Å²) >= 11 is 3.10. The molecule has 1 aliphatic heterocycles. The molecule has 1 saturated heterocycles. The lowest BCUT2D eigenvalue weighted by molar-refractivity contribution is 0.0699. The molecule has 0 atom stereocenters. The first-order valence-corrected chi connectivity index (χ1v) is 7.42. The molecular weight excluding hydrogens is 242 g/mol. The minimum absolute atomic E-state index is 0.645. The molecule has 6 heteroatoms. The number of nitrogens with two attached hydrogens (primary N) is 1. The smallest absolute Gasteiger partial charge is 0.153 e. The zero-order chi connectivity index (χ0) is 11.4. The van der Waals surface area contributed by atoms with Gasteiger partial charge in [0.1, 0.15) is 5.00 Å². The molecule has 0 aliphatic carbocycles. The Labute approximate surface area is 104 Å². The molecule has 1 aliphatic rings. The van der Waals surface area contributed by atoms with Crippen LogP contribution in [-0.4, -0.2) is 30.4 Å². The van der Waals surface area contributed by atoms with Gasteiger partial charge in [0.05, 0.1) is 4.90 Å². The number of nitrogens with zero attached hydrogens (tertiary/aromatic N) is 1. The zero-order valence-corrected chi connectivity index (χ0v) is 11.0. The lowest BCUT2D eigenvalue weighted by atomic mass is 10.0. The minimum atomic E-state index is 0.645. The van der Waals surface area contributed by atoms with Crippen LogP contribution in [-0.2, 0) is 4.74 Å². The third kappa shape index (κ3) is 2.81. The molecule has 2 rings (SSSR count). The average Bonchev–Trinajstić information content (AvgIpc) is 2.68. The maximum Gasteiger partial charge on any atom is 0.153 e. The molecular formula is C10H17N3OS2. The summed E-state index contributed by atoms with van der Waals surface area (Å²) in [5.74, 6) is 1.36. The van der Waals surface area contributed by atoms with E-state index in [4.69, 9.17) is 10.5 Å². The van der Waals surface area contributed by atoms with Crippen LogP contribution in [0.25, 0.3) is 0 Å². The van der Waals surface area contributed by atoms with Gasteiger partial charge in [-0.25, -0.2) is 0 Å². The van der Waals surface area contributed by atoms with Crippen LogP contribution >= 0.6 is 23.3 Å².